The summed E-state index contributed by atoms with van der Waals surface area (Å²) >= 11 is 6.18. The lowest BCUT2D eigenvalue weighted by Gasteiger charge is -2.32. The van der Waals surface area contributed by atoms with Gasteiger partial charge in [0.05, 0.1) is 5.02 Å². The van der Waals surface area contributed by atoms with Crippen LogP contribution in [0, 0.1) is 5.92 Å². The summed E-state index contributed by atoms with van der Waals surface area (Å²) in [6.07, 6.45) is 4.68. The molecule has 2 aromatic carbocycles. The molecule has 1 heterocycles. The van der Waals surface area contributed by atoms with E-state index in [1.165, 1.54) is 24.8 Å². The number of hydrogen-bond donors (Lipinski definition) is 2. The first-order valence-corrected chi connectivity index (χ1v) is 8.96. The number of likely N-dealkylation sites (tertiary alicyclic amines) is 1. The normalized spacial score (nSPS) is 16.4. The summed E-state index contributed by atoms with van der Waals surface area (Å²) in [5.41, 5.74) is 2.29. The van der Waals surface area contributed by atoms with E-state index in [0.29, 0.717) is 10.8 Å². The van der Waals surface area contributed by atoms with Crippen LogP contribution >= 0.6 is 11.6 Å². The van der Waals surface area contributed by atoms with E-state index in [9.17, 15) is 10.2 Å². The Morgan fingerprint density at radius 3 is 2.42 bits per heavy atom. The van der Waals surface area contributed by atoms with Gasteiger partial charge in [0.25, 0.3) is 0 Å². The van der Waals surface area contributed by atoms with Crippen molar-refractivity contribution in [2.24, 2.45) is 5.92 Å². The monoisotopic (exact) mass is 345 g/mol. The van der Waals surface area contributed by atoms with E-state index in [1.54, 1.807) is 18.2 Å². The van der Waals surface area contributed by atoms with E-state index in [1.807, 2.05) is 24.3 Å². The van der Waals surface area contributed by atoms with Gasteiger partial charge in [-0.05, 0) is 74.0 Å². The fourth-order valence-corrected chi connectivity index (χ4v) is 3.58. The summed E-state index contributed by atoms with van der Waals surface area (Å²) in [4.78, 5) is 2.41. The van der Waals surface area contributed by atoms with Gasteiger partial charge in [-0.2, -0.15) is 0 Å². The Balaban J connectivity index is 1.45. The number of rotatable bonds is 5. The molecular formula is C20H24ClNO2. The number of phenolic OH excluding ortho intramolecular Hbond substituents is 2. The van der Waals surface area contributed by atoms with Crippen LogP contribution in [0.25, 0.3) is 0 Å². The Morgan fingerprint density at radius 2 is 1.71 bits per heavy atom. The highest BCUT2D eigenvalue weighted by Gasteiger charge is 2.20. The van der Waals surface area contributed by atoms with Crippen LogP contribution in [0.5, 0.6) is 11.5 Å². The van der Waals surface area contributed by atoms with Crippen LogP contribution in [-0.2, 0) is 13.0 Å². The number of piperidine rings is 1. The van der Waals surface area contributed by atoms with E-state index in [0.717, 1.165) is 37.5 Å². The summed E-state index contributed by atoms with van der Waals surface area (Å²) < 4.78 is 0. The second kappa shape index (κ2) is 7.91. The number of aromatic hydroxyl groups is 2. The maximum atomic E-state index is 9.70. The largest absolute Gasteiger partial charge is 0.508 e. The Morgan fingerprint density at radius 1 is 1.00 bits per heavy atom. The van der Waals surface area contributed by atoms with Crippen molar-refractivity contribution >= 4 is 11.6 Å². The van der Waals surface area contributed by atoms with Crippen molar-refractivity contribution in [1.29, 1.82) is 0 Å². The zero-order chi connectivity index (χ0) is 16.9. The quantitative estimate of drug-likeness (QED) is 0.832. The Hall–Kier alpha value is -1.71. The van der Waals surface area contributed by atoms with Crippen LogP contribution in [0.15, 0.2) is 42.5 Å². The van der Waals surface area contributed by atoms with Gasteiger partial charge < -0.3 is 10.2 Å². The van der Waals surface area contributed by atoms with Crippen molar-refractivity contribution in [3.8, 4) is 11.5 Å². The van der Waals surface area contributed by atoms with Crippen molar-refractivity contribution in [1.82, 2.24) is 4.90 Å². The molecule has 24 heavy (non-hydrogen) atoms. The number of aryl methyl sites for hydroxylation is 1. The summed E-state index contributed by atoms with van der Waals surface area (Å²) in [5, 5.41) is 19.5. The predicted molar refractivity (Wildman–Crippen MR) is 97.5 cm³/mol. The molecule has 0 amide bonds. The smallest absolute Gasteiger partial charge is 0.134 e. The molecule has 0 aliphatic carbocycles. The Labute approximate surface area is 148 Å². The second-order valence-electron chi connectivity index (χ2n) is 6.67. The number of phenols is 2. The van der Waals surface area contributed by atoms with Crippen LogP contribution < -0.4 is 0 Å². The summed E-state index contributed by atoms with van der Waals surface area (Å²) in [6, 6.07) is 13.0. The van der Waals surface area contributed by atoms with Crippen molar-refractivity contribution in [3.63, 3.8) is 0 Å². The first-order valence-electron chi connectivity index (χ1n) is 8.58. The highest BCUT2D eigenvalue weighted by atomic mass is 35.5. The fourth-order valence-electron chi connectivity index (χ4n) is 3.40. The van der Waals surface area contributed by atoms with Gasteiger partial charge in [0, 0.05) is 6.54 Å². The molecule has 1 fully saturated rings. The molecule has 0 radical (unpaired) electrons. The Kier molecular flexibility index (Phi) is 5.64. The van der Waals surface area contributed by atoms with E-state index in [4.69, 9.17) is 11.6 Å². The minimum absolute atomic E-state index is 0.165. The molecule has 128 valence electrons. The van der Waals surface area contributed by atoms with Gasteiger partial charge in [0.2, 0.25) is 0 Å². The van der Waals surface area contributed by atoms with Crippen molar-refractivity contribution in [3.05, 3.63) is 58.6 Å². The number of hydrogen-bond acceptors (Lipinski definition) is 3. The van der Waals surface area contributed by atoms with E-state index in [2.05, 4.69) is 4.90 Å². The molecule has 4 heteroatoms. The summed E-state index contributed by atoms with van der Waals surface area (Å²) in [6.45, 7) is 2.95. The van der Waals surface area contributed by atoms with Gasteiger partial charge >= 0.3 is 0 Å². The van der Waals surface area contributed by atoms with Crippen LogP contribution in [-0.4, -0.2) is 28.2 Å². The van der Waals surface area contributed by atoms with Crippen LogP contribution in [0.1, 0.15) is 30.4 Å². The second-order valence-corrected chi connectivity index (χ2v) is 7.05. The minimum atomic E-state index is 0.165. The molecule has 0 saturated carbocycles. The molecule has 0 atom stereocenters. The lowest BCUT2D eigenvalue weighted by molar-refractivity contribution is 0.172. The van der Waals surface area contributed by atoms with E-state index in [-0.39, 0.29) is 5.75 Å². The van der Waals surface area contributed by atoms with Gasteiger partial charge in [-0.15, -0.1) is 0 Å². The SMILES string of the molecule is Oc1ccc(CCC2CCN(Cc3cccc(O)c3Cl)CC2)cc1. The topological polar surface area (TPSA) is 43.7 Å². The lowest BCUT2D eigenvalue weighted by atomic mass is 9.90. The average molecular weight is 346 g/mol. The van der Waals surface area contributed by atoms with Crippen molar-refractivity contribution in [2.45, 2.75) is 32.2 Å². The molecule has 1 saturated heterocycles. The molecule has 2 N–H and O–H groups in total. The zero-order valence-electron chi connectivity index (χ0n) is 13.8. The zero-order valence-corrected chi connectivity index (χ0v) is 14.5. The van der Waals surface area contributed by atoms with E-state index < -0.39 is 0 Å². The van der Waals surface area contributed by atoms with Crippen LogP contribution in [0.3, 0.4) is 0 Å². The van der Waals surface area contributed by atoms with Gasteiger partial charge in [0.15, 0.2) is 0 Å². The third-order valence-electron chi connectivity index (χ3n) is 4.94. The maximum absolute atomic E-state index is 9.70. The van der Waals surface area contributed by atoms with Gasteiger partial charge in [-0.25, -0.2) is 0 Å². The third-order valence-corrected chi connectivity index (χ3v) is 5.37. The van der Waals surface area contributed by atoms with E-state index >= 15 is 0 Å². The van der Waals surface area contributed by atoms with Crippen molar-refractivity contribution in [2.75, 3.05) is 13.1 Å². The summed E-state index contributed by atoms with van der Waals surface area (Å²) in [5.74, 6) is 1.25. The molecule has 2 aromatic rings. The van der Waals surface area contributed by atoms with Crippen LogP contribution in [0.4, 0.5) is 0 Å². The molecule has 3 nitrogen and oxygen atoms in total. The highest BCUT2D eigenvalue weighted by molar-refractivity contribution is 6.32. The van der Waals surface area contributed by atoms with Crippen molar-refractivity contribution < 1.29 is 10.2 Å². The first kappa shape index (κ1) is 17.1. The van der Waals surface area contributed by atoms with Crippen LogP contribution in [0.2, 0.25) is 5.02 Å². The van der Waals surface area contributed by atoms with Gasteiger partial charge in [-0.3, -0.25) is 4.90 Å². The number of halogens is 1. The third kappa shape index (κ3) is 4.43. The molecule has 1 aliphatic rings. The maximum Gasteiger partial charge on any atom is 0.134 e. The fraction of sp³-hybridized carbons (Fsp3) is 0.400. The van der Waals surface area contributed by atoms with Gasteiger partial charge in [0.1, 0.15) is 11.5 Å². The number of nitrogens with zero attached hydrogens (tertiary/aromatic N) is 1. The minimum Gasteiger partial charge on any atom is -0.508 e. The number of benzene rings is 2. The standard InChI is InChI=1S/C20H24ClNO2/c21-20-17(2-1-3-19(20)24)14-22-12-10-16(11-13-22)5-4-15-6-8-18(23)9-7-15/h1-3,6-9,16,23-24H,4-5,10-14H2. The van der Waals surface area contributed by atoms with Gasteiger partial charge in [-0.1, -0.05) is 35.9 Å². The molecule has 3 rings (SSSR count). The first-order chi connectivity index (χ1) is 11.6. The highest BCUT2D eigenvalue weighted by Crippen LogP contribution is 2.29. The molecule has 0 bridgehead atoms. The predicted octanol–water partition coefficient (Wildman–Crippen LogP) is 4.60. The molecule has 0 unspecified atom stereocenters. The summed E-state index contributed by atoms with van der Waals surface area (Å²) in [7, 11) is 0. The molecule has 0 aromatic heterocycles. The molecule has 0 spiro atoms. The molecule has 1 aliphatic heterocycles. The lowest BCUT2D eigenvalue weighted by Crippen LogP contribution is -2.33. The Bertz CT molecular complexity index is 664. The average Bonchev–Trinajstić information content (AvgIpc) is 2.60. The molecular weight excluding hydrogens is 322 g/mol.